The highest BCUT2D eigenvalue weighted by molar-refractivity contribution is 5.39. The van der Waals surface area contributed by atoms with Crippen LogP contribution in [-0.2, 0) is 13.1 Å². The van der Waals surface area contributed by atoms with Crippen LogP contribution in [0.25, 0.3) is 0 Å². The van der Waals surface area contributed by atoms with Crippen LogP contribution in [0.15, 0.2) is 34.9 Å². The fourth-order valence-corrected chi connectivity index (χ4v) is 1.94. The van der Waals surface area contributed by atoms with E-state index in [1.54, 1.807) is 6.26 Å². The summed E-state index contributed by atoms with van der Waals surface area (Å²) in [5, 5.41) is 3.29. The fraction of sp³-hybridized carbons (Fsp3) is 0.400. The summed E-state index contributed by atoms with van der Waals surface area (Å²) in [6, 6.07) is 8.13. The monoisotopic (exact) mass is 259 g/mol. The van der Waals surface area contributed by atoms with Crippen LogP contribution in [0.3, 0.4) is 0 Å². The Labute approximate surface area is 114 Å². The van der Waals surface area contributed by atoms with Gasteiger partial charge in [0.25, 0.3) is 0 Å². The lowest BCUT2D eigenvalue weighted by molar-refractivity contribution is 0.529. The van der Waals surface area contributed by atoms with Gasteiger partial charge in [-0.25, -0.2) is 4.98 Å². The predicted octanol–water partition coefficient (Wildman–Crippen LogP) is 2.73. The highest BCUT2D eigenvalue weighted by atomic mass is 16.3. The number of aryl methyl sites for hydroxylation is 1. The fourth-order valence-electron chi connectivity index (χ4n) is 1.94. The molecule has 0 amide bonds. The average Bonchev–Trinajstić information content (AvgIpc) is 2.82. The van der Waals surface area contributed by atoms with Gasteiger partial charge in [0.15, 0.2) is 0 Å². The second kappa shape index (κ2) is 6.38. The van der Waals surface area contributed by atoms with Crippen LogP contribution < -0.4 is 10.2 Å². The standard InChI is InChI=1S/C15H21N3O/c1-4-16-10-14-6-5-7-15(17-14)18(3)11-13-8-9-19-12(13)2/h5-9,16H,4,10-11H2,1-3H3. The van der Waals surface area contributed by atoms with E-state index >= 15 is 0 Å². The molecular weight excluding hydrogens is 238 g/mol. The zero-order valence-electron chi connectivity index (χ0n) is 11.8. The molecule has 0 saturated carbocycles. The summed E-state index contributed by atoms with van der Waals surface area (Å²) < 4.78 is 5.32. The number of hydrogen-bond donors (Lipinski definition) is 1. The summed E-state index contributed by atoms with van der Waals surface area (Å²) >= 11 is 0. The first-order valence-corrected chi connectivity index (χ1v) is 6.61. The second-order valence-electron chi connectivity index (χ2n) is 4.63. The predicted molar refractivity (Wildman–Crippen MR) is 77.2 cm³/mol. The van der Waals surface area contributed by atoms with Gasteiger partial charge in [-0.1, -0.05) is 13.0 Å². The molecule has 2 aromatic heterocycles. The maximum Gasteiger partial charge on any atom is 0.128 e. The smallest absolute Gasteiger partial charge is 0.128 e. The highest BCUT2D eigenvalue weighted by Gasteiger charge is 2.08. The van der Waals surface area contributed by atoms with E-state index in [0.29, 0.717) is 0 Å². The first-order valence-electron chi connectivity index (χ1n) is 6.61. The molecule has 0 spiro atoms. The van der Waals surface area contributed by atoms with Crippen molar-refractivity contribution in [3.63, 3.8) is 0 Å². The van der Waals surface area contributed by atoms with Crippen LogP contribution in [-0.4, -0.2) is 18.6 Å². The number of nitrogens with zero attached hydrogens (tertiary/aromatic N) is 2. The number of hydrogen-bond acceptors (Lipinski definition) is 4. The maximum absolute atomic E-state index is 5.32. The molecule has 0 aliphatic rings. The summed E-state index contributed by atoms with van der Waals surface area (Å²) in [6.07, 6.45) is 1.73. The van der Waals surface area contributed by atoms with Crippen LogP contribution in [0.5, 0.6) is 0 Å². The van der Waals surface area contributed by atoms with E-state index in [1.165, 1.54) is 5.56 Å². The molecule has 2 heterocycles. The van der Waals surface area contributed by atoms with Gasteiger partial charge in [0.1, 0.15) is 11.6 Å². The Morgan fingerprint density at radius 3 is 2.84 bits per heavy atom. The molecule has 0 bridgehead atoms. The number of anilines is 1. The summed E-state index contributed by atoms with van der Waals surface area (Å²) in [4.78, 5) is 6.79. The van der Waals surface area contributed by atoms with E-state index < -0.39 is 0 Å². The molecule has 4 heteroatoms. The van der Waals surface area contributed by atoms with Gasteiger partial charge in [0.2, 0.25) is 0 Å². The molecule has 2 rings (SSSR count). The zero-order chi connectivity index (χ0) is 13.7. The highest BCUT2D eigenvalue weighted by Crippen LogP contribution is 2.16. The van der Waals surface area contributed by atoms with Crippen molar-refractivity contribution in [2.45, 2.75) is 26.9 Å². The normalized spacial score (nSPS) is 10.7. The van der Waals surface area contributed by atoms with Crippen molar-refractivity contribution in [3.05, 3.63) is 47.5 Å². The lowest BCUT2D eigenvalue weighted by Crippen LogP contribution is -2.19. The summed E-state index contributed by atoms with van der Waals surface area (Å²) in [5.41, 5.74) is 2.26. The van der Waals surface area contributed by atoms with E-state index in [0.717, 1.165) is 36.9 Å². The topological polar surface area (TPSA) is 41.3 Å². The number of furan rings is 1. The molecule has 0 atom stereocenters. The van der Waals surface area contributed by atoms with Crippen LogP contribution >= 0.6 is 0 Å². The maximum atomic E-state index is 5.32. The molecule has 0 aliphatic heterocycles. The Morgan fingerprint density at radius 2 is 2.16 bits per heavy atom. The van der Waals surface area contributed by atoms with E-state index in [-0.39, 0.29) is 0 Å². The van der Waals surface area contributed by atoms with Gasteiger partial charge >= 0.3 is 0 Å². The van der Waals surface area contributed by atoms with E-state index in [1.807, 2.05) is 38.2 Å². The van der Waals surface area contributed by atoms with Crippen LogP contribution in [0.2, 0.25) is 0 Å². The van der Waals surface area contributed by atoms with Gasteiger partial charge < -0.3 is 14.6 Å². The third-order valence-electron chi connectivity index (χ3n) is 3.11. The SMILES string of the molecule is CCNCc1cccc(N(C)Cc2ccoc2C)n1. The second-order valence-corrected chi connectivity index (χ2v) is 4.63. The third kappa shape index (κ3) is 3.58. The van der Waals surface area contributed by atoms with E-state index in [4.69, 9.17) is 4.42 Å². The van der Waals surface area contributed by atoms with E-state index in [9.17, 15) is 0 Å². The largest absolute Gasteiger partial charge is 0.469 e. The summed E-state index contributed by atoms with van der Waals surface area (Å²) in [6.45, 7) is 6.65. The van der Waals surface area contributed by atoms with Gasteiger partial charge in [-0.05, 0) is 31.7 Å². The van der Waals surface area contributed by atoms with E-state index in [2.05, 4.69) is 22.1 Å². The minimum atomic E-state index is 0.806. The van der Waals surface area contributed by atoms with Crippen molar-refractivity contribution in [2.75, 3.05) is 18.5 Å². The molecule has 0 unspecified atom stereocenters. The lowest BCUT2D eigenvalue weighted by Gasteiger charge is -2.18. The summed E-state index contributed by atoms with van der Waals surface area (Å²) in [7, 11) is 2.05. The minimum Gasteiger partial charge on any atom is -0.469 e. The summed E-state index contributed by atoms with van der Waals surface area (Å²) in [5.74, 6) is 1.95. The molecule has 0 aliphatic carbocycles. The molecule has 2 aromatic rings. The molecule has 0 saturated heterocycles. The number of aromatic nitrogens is 1. The van der Waals surface area contributed by atoms with Crippen molar-refractivity contribution in [1.29, 1.82) is 0 Å². The third-order valence-corrected chi connectivity index (χ3v) is 3.11. The first-order chi connectivity index (χ1) is 9.20. The number of pyridine rings is 1. The molecular formula is C15H21N3O. The molecule has 0 radical (unpaired) electrons. The van der Waals surface area contributed by atoms with Crippen molar-refractivity contribution < 1.29 is 4.42 Å². The van der Waals surface area contributed by atoms with Crippen molar-refractivity contribution >= 4 is 5.82 Å². The Hall–Kier alpha value is -1.81. The van der Waals surface area contributed by atoms with Crippen LogP contribution in [0.4, 0.5) is 5.82 Å². The lowest BCUT2D eigenvalue weighted by atomic mass is 10.2. The minimum absolute atomic E-state index is 0.806. The Morgan fingerprint density at radius 1 is 1.32 bits per heavy atom. The van der Waals surface area contributed by atoms with Crippen molar-refractivity contribution in [2.24, 2.45) is 0 Å². The van der Waals surface area contributed by atoms with Crippen LogP contribution in [0.1, 0.15) is 23.9 Å². The van der Waals surface area contributed by atoms with Gasteiger partial charge in [-0.15, -0.1) is 0 Å². The Bertz CT molecular complexity index is 522. The Balaban J connectivity index is 2.06. The molecule has 0 aromatic carbocycles. The number of rotatable bonds is 6. The average molecular weight is 259 g/mol. The zero-order valence-corrected chi connectivity index (χ0v) is 11.8. The quantitative estimate of drug-likeness (QED) is 0.866. The van der Waals surface area contributed by atoms with Gasteiger partial charge in [-0.2, -0.15) is 0 Å². The van der Waals surface area contributed by atoms with Gasteiger partial charge in [0.05, 0.1) is 12.0 Å². The molecule has 19 heavy (non-hydrogen) atoms. The molecule has 0 fully saturated rings. The van der Waals surface area contributed by atoms with Crippen molar-refractivity contribution in [3.8, 4) is 0 Å². The van der Waals surface area contributed by atoms with Crippen molar-refractivity contribution in [1.82, 2.24) is 10.3 Å². The van der Waals surface area contributed by atoms with Gasteiger partial charge in [-0.3, -0.25) is 0 Å². The Kier molecular flexibility index (Phi) is 4.58. The first kappa shape index (κ1) is 13.6. The number of nitrogens with one attached hydrogen (secondary N) is 1. The van der Waals surface area contributed by atoms with Crippen LogP contribution in [0, 0.1) is 6.92 Å². The molecule has 4 nitrogen and oxygen atoms in total. The molecule has 102 valence electrons. The molecule has 1 N–H and O–H groups in total. The van der Waals surface area contributed by atoms with Gasteiger partial charge in [0, 0.05) is 25.7 Å².